The molecule has 1 saturated heterocycles. The molecule has 0 amide bonds. The van der Waals surface area contributed by atoms with Gasteiger partial charge in [0.25, 0.3) is 0 Å². The van der Waals surface area contributed by atoms with Crippen LogP contribution >= 0.6 is 0 Å². The summed E-state index contributed by atoms with van der Waals surface area (Å²) in [6, 6.07) is 2.50. The molecule has 0 saturated carbocycles. The van der Waals surface area contributed by atoms with E-state index in [4.69, 9.17) is 4.74 Å². The molecule has 7 heteroatoms. The fourth-order valence-corrected chi connectivity index (χ4v) is 4.38. The summed E-state index contributed by atoms with van der Waals surface area (Å²) >= 11 is 0. The van der Waals surface area contributed by atoms with Crippen LogP contribution in [0.5, 0.6) is 0 Å². The maximum absolute atomic E-state index is 13.8. The van der Waals surface area contributed by atoms with Gasteiger partial charge in [0.05, 0.1) is 30.3 Å². The van der Waals surface area contributed by atoms with Crippen molar-refractivity contribution in [2.24, 2.45) is 0 Å². The summed E-state index contributed by atoms with van der Waals surface area (Å²) in [5, 5.41) is 9.18. The average Bonchev–Trinajstić information content (AvgIpc) is 2.40. The standard InChI is InChI=1S/C14H20FNO4S/c1-10-6-12(7-11(8-17)13(10)15)21(18,19)16-4-5-20-9-14(16,2)3/h6-7,17H,4-5,8-9H2,1-3H3. The molecule has 0 aliphatic carbocycles. The first-order valence-corrected chi connectivity index (χ1v) is 8.14. The van der Waals surface area contributed by atoms with E-state index in [0.717, 1.165) is 0 Å². The van der Waals surface area contributed by atoms with E-state index in [0.29, 0.717) is 13.2 Å². The molecule has 1 aliphatic heterocycles. The van der Waals surface area contributed by atoms with E-state index in [1.165, 1.54) is 23.4 Å². The van der Waals surface area contributed by atoms with Gasteiger partial charge in [-0.25, -0.2) is 12.8 Å². The number of sulfonamides is 1. The normalized spacial score (nSPS) is 19.7. The molecule has 5 nitrogen and oxygen atoms in total. The molecule has 118 valence electrons. The topological polar surface area (TPSA) is 66.8 Å². The van der Waals surface area contributed by atoms with Crippen molar-refractivity contribution in [1.82, 2.24) is 4.31 Å². The summed E-state index contributed by atoms with van der Waals surface area (Å²) in [6.07, 6.45) is 0. The first-order valence-electron chi connectivity index (χ1n) is 6.70. The summed E-state index contributed by atoms with van der Waals surface area (Å²) in [5.41, 5.74) is -0.482. The van der Waals surface area contributed by atoms with Crippen LogP contribution in [-0.2, 0) is 21.4 Å². The fourth-order valence-electron chi connectivity index (χ4n) is 2.49. The molecule has 0 aromatic heterocycles. The zero-order chi connectivity index (χ0) is 15.8. The molecular weight excluding hydrogens is 297 g/mol. The molecule has 0 atom stereocenters. The number of hydrogen-bond acceptors (Lipinski definition) is 4. The maximum atomic E-state index is 13.8. The lowest BCUT2D eigenvalue weighted by atomic mass is 10.1. The van der Waals surface area contributed by atoms with E-state index in [1.807, 2.05) is 0 Å². The highest BCUT2D eigenvalue weighted by Gasteiger charge is 2.40. The van der Waals surface area contributed by atoms with Crippen LogP contribution in [0.4, 0.5) is 4.39 Å². The third kappa shape index (κ3) is 2.96. The maximum Gasteiger partial charge on any atom is 0.243 e. The largest absolute Gasteiger partial charge is 0.392 e. The molecule has 1 aromatic carbocycles. The number of nitrogens with zero attached hydrogens (tertiary/aromatic N) is 1. The molecule has 1 N–H and O–H groups in total. The lowest BCUT2D eigenvalue weighted by Gasteiger charge is -2.40. The first kappa shape index (κ1) is 16.4. The Morgan fingerprint density at radius 2 is 2.10 bits per heavy atom. The van der Waals surface area contributed by atoms with Crippen LogP contribution in [0, 0.1) is 12.7 Å². The predicted molar refractivity (Wildman–Crippen MR) is 75.8 cm³/mol. The number of aryl methyl sites for hydroxylation is 1. The minimum absolute atomic E-state index is 0.000394. The van der Waals surface area contributed by atoms with Gasteiger partial charge < -0.3 is 9.84 Å². The van der Waals surface area contributed by atoms with E-state index in [1.54, 1.807) is 13.8 Å². The second kappa shape index (κ2) is 5.64. The Kier molecular flexibility index (Phi) is 4.39. The molecule has 0 radical (unpaired) electrons. The van der Waals surface area contributed by atoms with Crippen molar-refractivity contribution in [2.45, 2.75) is 37.8 Å². The number of rotatable bonds is 3. The third-order valence-corrected chi connectivity index (χ3v) is 5.72. The molecule has 1 heterocycles. The Morgan fingerprint density at radius 3 is 2.67 bits per heavy atom. The van der Waals surface area contributed by atoms with Crippen LogP contribution in [0.2, 0.25) is 0 Å². The quantitative estimate of drug-likeness (QED) is 0.916. The number of hydrogen-bond donors (Lipinski definition) is 1. The van der Waals surface area contributed by atoms with Gasteiger partial charge in [-0.05, 0) is 38.5 Å². The Hall–Kier alpha value is -1.02. The highest BCUT2D eigenvalue weighted by Crippen LogP contribution is 2.29. The van der Waals surface area contributed by atoms with Crippen molar-refractivity contribution in [2.75, 3.05) is 19.8 Å². The van der Waals surface area contributed by atoms with Crippen LogP contribution in [0.15, 0.2) is 17.0 Å². The molecule has 0 unspecified atom stereocenters. The Labute approximate surface area is 124 Å². The van der Waals surface area contributed by atoms with Gasteiger partial charge in [0.1, 0.15) is 5.82 Å². The van der Waals surface area contributed by atoms with Gasteiger partial charge in [0.15, 0.2) is 0 Å². The second-order valence-electron chi connectivity index (χ2n) is 5.81. The minimum Gasteiger partial charge on any atom is -0.392 e. The molecule has 0 bridgehead atoms. The van der Waals surface area contributed by atoms with Crippen LogP contribution in [-0.4, -0.2) is 43.1 Å². The van der Waals surface area contributed by atoms with Crippen LogP contribution in [0.25, 0.3) is 0 Å². The van der Waals surface area contributed by atoms with E-state index in [9.17, 15) is 17.9 Å². The van der Waals surface area contributed by atoms with Crippen molar-refractivity contribution in [3.63, 3.8) is 0 Å². The highest BCUT2D eigenvalue weighted by atomic mass is 32.2. The van der Waals surface area contributed by atoms with Gasteiger partial charge in [-0.3, -0.25) is 0 Å². The summed E-state index contributed by atoms with van der Waals surface area (Å²) in [5.74, 6) is -0.572. The number of morpholine rings is 1. The molecular formula is C14H20FNO4S. The Morgan fingerprint density at radius 1 is 1.43 bits per heavy atom. The number of ether oxygens (including phenoxy) is 1. The van der Waals surface area contributed by atoms with Gasteiger partial charge in [-0.1, -0.05) is 0 Å². The van der Waals surface area contributed by atoms with Crippen molar-refractivity contribution in [3.05, 3.63) is 29.1 Å². The molecule has 1 fully saturated rings. The molecule has 2 rings (SSSR count). The highest BCUT2D eigenvalue weighted by molar-refractivity contribution is 7.89. The SMILES string of the molecule is Cc1cc(S(=O)(=O)N2CCOCC2(C)C)cc(CO)c1F. The van der Waals surface area contributed by atoms with Crippen LogP contribution in [0.1, 0.15) is 25.0 Å². The fraction of sp³-hybridized carbons (Fsp3) is 0.571. The summed E-state index contributed by atoms with van der Waals surface area (Å²) < 4.78 is 46.1. The minimum atomic E-state index is -3.77. The third-order valence-electron chi connectivity index (χ3n) is 3.63. The first-order chi connectivity index (χ1) is 9.70. The second-order valence-corrected chi connectivity index (χ2v) is 7.68. The van der Waals surface area contributed by atoms with E-state index in [-0.39, 0.29) is 22.6 Å². The number of benzene rings is 1. The molecule has 21 heavy (non-hydrogen) atoms. The Bertz CT molecular complexity index is 643. The van der Waals surface area contributed by atoms with E-state index < -0.39 is 28.0 Å². The lowest BCUT2D eigenvalue weighted by Crippen LogP contribution is -2.55. The van der Waals surface area contributed by atoms with Gasteiger partial charge in [0.2, 0.25) is 10.0 Å². The summed E-state index contributed by atoms with van der Waals surface area (Å²) in [4.78, 5) is 0.000394. The van der Waals surface area contributed by atoms with E-state index >= 15 is 0 Å². The van der Waals surface area contributed by atoms with Gasteiger partial charge in [-0.2, -0.15) is 4.31 Å². The van der Waals surface area contributed by atoms with Crippen molar-refractivity contribution in [1.29, 1.82) is 0 Å². The van der Waals surface area contributed by atoms with Gasteiger partial charge in [0, 0.05) is 12.1 Å². The summed E-state index contributed by atoms with van der Waals surface area (Å²) in [6.45, 7) is 5.40. The molecule has 0 spiro atoms. The zero-order valence-electron chi connectivity index (χ0n) is 12.4. The van der Waals surface area contributed by atoms with Crippen LogP contribution in [0.3, 0.4) is 0 Å². The summed E-state index contributed by atoms with van der Waals surface area (Å²) in [7, 11) is -3.77. The molecule has 1 aromatic rings. The average molecular weight is 317 g/mol. The monoisotopic (exact) mass is 317 g/mol. The number of halogens is 1. The van der Waals surface area contributed by atoms with Gasteiger partial charge in [-0.15, -0.1) is 0 Å². The number of aliphatic hydroxyl groups excluding tert-OH is 1. The van der Waals surface area contributed by atoms with Crippen molar-refractivity contribution < 1.29 is 22.7 Å². The smallest absolute Gasteiger partial charge is 0.243 e. The zero-order valence-corrected chi connectivity index (χ0v) is 13.2. The predicted octanol–water partition coefficient (Wildman–Crippen LogP) is 1.43. The van der Waals surface area contributed by atoms with Crippen LogP contribution < -0.4 is 0 Å². The Balaban J connectivity index is 2.51. The van der Waals surface area contributed by atoms with Crippen molar-refractivity contribution >= 4 is 10.0 Å². The molecule has 1 aliphatic rings. The number of aliphatic hydroxyl groups is 1. The van der Waals surface area contributed by atoms with Gasteiger partial charge >= 0.3 is 0 Å². The van der Waals surface area contributed by atoms with E-state index in [2.05, 4.69) is 0 Å². The lowest BCUT2D eigenvalue weighted by molar-refractivity contribution is -0.00771. The van der Waals surface area contributed by atoms with Crippen molar-refractivity contribution in [3.8, 4) is 0 Å².